The smallest absolute Gasteiger partial charge is 0.0525 e. The van der Waals surface area contributed by atoms with Crippen molar-refractivity contribution in [3.63, 3.8) is 0 Å². The summed E-state index contributed by atoms with van der Waals surface area (Å²) in [5.74, 6) is 1.39. The summed E-state index contributed by atoms with van der Waals surface area (Å²) < 4.78 is 2.12. The van der Waals surface area contributed by atoms with Gasteiger partial charge in [-0.25, -0.2) is 0 Å². The van der Waals surface area contributed by atoms with E-state index in [1.54, 1.807) is 23.5 Å². The molecule has 0 aliphatic heterocycles. The van der Waals surface area contributed by atoms with Crippen LogP contribution in [-0.4, -0.2) is 34.9 Å². The Labute approximate surface area is 175 Å². The molecule has 6 heteroatoms. The van der Waals surface area contributed by atoms with E-state index in [1.807, 2.05) is 0 Å². The zero-order valence-electron chi connectivity index (χ0n) is 14.3. The number of hydrogen-bond acceptors (Lipinski definition) is 4. The molecule has 2 N–H and O–H groups in total. The minimum atomic E-state index is -0.134. The van der Waals surface area contributed by atoms with Gasteiger partial charge in [0.15, 0.2) is 0 Å². The first-order valence-electron chi connectivity index (χ1n) is 7.97. The minimum Gasteiger partial charge on any atom is -0.396 e. The van der Waals surface area contributed by atoms with E-state index in [2.05, 4.69) is 82.1 Å². The first-order chi connectivity index (χ1) is 11.9. The maximum Gasteiger partial charge on any atom is 0.0525 e. The number of aliphatic hydroxyl groups is 2. The lowest BCUT2D eigenvalue weighted by molar-refractivity contribution is 0.322. The van der Waals surface area contributed by atoms with Gasteiger partial charge in [0.2, 0.25) is 0 Å². The van der Waals surface area contributed by atoms with Gasteiger partial charge in [-0.1, -0.05) is 26.0 Å². The Morgan fingerprint density at radius 2 is 1.20 bits per heavy atom. The third-order valence-electron chi connectivity index (χ3n) is 4.00. The molecule has 0 saturated carbocycles. The minimum absolute atomic E-state index is 0.134. The van der Waals surface area contributed by atoms with Crippen LogP contribution in [0.1, 0.15) is 25.0 Å². The van der Waals surface area contributed by atoms with Crippen LogP contribution < -0.4 is 0 Å². The second-order valence-electron chi connectivity index (χ2n) is 6.06. The van der Waals surface area contributed by atoms with E-state index in [9.17, 15) is 0 Å². The molecule has 0 radical (unpaired) electrons. The Bertz CT molecular complexity index is 661. The van der Waals surface area contributed by atoms with Gasteiger partial charge in [-0.05, 0) is 67.3 Å². The molecule has 2 aromatic carbocycles. The molecule has 2 aromatic rings. The van der Waals surface area contributed by atoms with Gasteiger partial charge in [0.05, 0.1) is 13.2 Å². The second-order valence-corrected chi connectivity index (χ2v) is 10.0. The highest BCUT2D eigenvalue weighted by atomic mass is 79.9. The number of benzene rings is 2. The third kappa shape index (κ3) is 5.50. The van der Waals surface area contributed by atoms with Crippen LogP contribution in [0.25, 0.3) is 0 Å². The largest absolute Gasteiger partial charge is 0.396 e. The maximum atomic E-state index is 9.00. The van der Waals surface area contributed by atoms with Crippen LogP contribution in [0.4, 0.5) is 0 Å². The fourth-order valence-corrected chi connectivity index (χ4v) is 5.28. The molecule has 0 amide bonds. The number of thioether (sulfide) groups is 2. The van der Waals surface area contributed by atoms with Crippen LogP contribution in [0, 0.1) is 0 Å². The van der Waals surface area contributed by atoms with E-state index in [0.717, 1.165) is 18.7 Å². The molecule has 2 rings (SSSR count). The lowest BCUT2D eigenvalue weighted by Gasteiger charge is -2.27. The van der Waals surface area contributed by atoms with E-state index >= 15 is 0 Å². The molecular weight excluding hydrogens is 484 g/mol. The summed E-state index contributed by atoms with van der Waals surface area (Å²) in [7, 11) is 0. The highest BCUT2D eigenvalue weighted by Gasteiger charge is 2.24. The topological polar surface area (TPSA) is 40.5 Å². The molecule has 0 heterocycles. The molecule has 0 atom stereocenters. The molecule has 0 spiro atoms. The standard InChI is InChI=1S/C19H22Br2O2S2/c1-19(2,13-3-5-17(15(20)11-13)24-9-7-22)14-4-6-18(16(21)12-14)25-10-8-23/h3-6,11-12,22-23H,7-10H2,1-2H3. The van der Waals surface area contributed by atoms with Gasteiger partial charge in [0, 0.05) is 35.7 Å². The summed E-state index contributed by atoms with van der Waals surface area (Å²) in [6.07, 6.45) is 0. The third-order valence-corrected chi connectivity index (χ3v) is 7.95. The average molecular weight is 506 g/mol. The predicted molar refractivity (Wildman–Crippen MR) is 116 cm³/mol. The molecule has 0 bridgehead atoms. The summed E-state index contributed by atoms with van der Waals surface area (Å²) in [6, 6.07) is 12.9. The number of hydrogen-bond donors (Lipinski definition) is 2. The normalized spacial score (nSPS) is 11.8. The Balaban J connectivity index is 2.28. The molecule has 0 aliphatic carbocycles. The van der Waals surface area contributed by atoms with Crippen molar-refractivity contribution in [1.82, 2.24) is 0 Å². The first kappa shape index (κ1) is 21.3. The summed E-state index contributed by atoms with van der Waals surface area (Å²) >= 11 is 10.6. The highest BCUT2D eigenvalue weighted by Crippen LogP contribution is 2.38. The average Bonchev–Trinajstić information content (AvgIpc) is 2.59. The zero-order chi connectivity index (χ0) is 18.4. The Hall–Kier alpha value is 0.0200. The van der Waals surface area contributed by atoms with Crippen LogP contribution >= 0.6 is 55.4 Å². The first-order valence-corrected chi connectivity index (χ1v) is 11.5. The van der Waals surface area contributed by atoms with Crippen molar-refractivity contribution < 1.29 is 10.2 Å². The summed E-state index contributed by atoms with van der Waals surface area (Å²) in [4.78, 5) is 2.29. The van der Waals surface area contributed by atoms with E-state index < -0.39 is 0 Å². The van der Waals surface area contributed by atoms with Gasteiger partial charge in [-0.2, -0.15) is 0 Å². The lowest BCUT2D eigenvalue weighted by atomic mass is 9.78. The van der Waals surface area contributed by atoms with Crippen molar-refractivity contribution in [1.29, 1.82) is 0 Å². The molecule has 25 heavy (non-hydrogen) atoms. The number of aliphatic hydroxyl groups excluding tert-OH is 2. The van der Waals surface area contributed by atoms with Crippen molar-refractivity contribution >= 4 is 55.4 Å². The fourth-order valence-electron chi connectivity index (χ4n) is 2.49. The Morgan fingerprint density at radius 1 is 0.800 bits per heavy atom. The van der Waals surface area contributed by atoms with Gasteiger partial charge in [-0.15, -0.1) is 23.5 Å². The highest BCUT2D eigenvalue weighted by molar-refractivity contribution is 9.10. The SMILES string of the molecule is CC(C)(c1ccc(SCCO)c(Br)c1)c1ccc(SCCO)c(Br)c1. The molecule has 0 saturated heterocycles. The molecule has 0 fully saturated rings. The van der Waals surface area contributed by atoms with Crippen molar-refractivity contribution in [2.75, 3.05) is 24.7 Å². The van der Waals surface area contributed by atoms with Gasteiger partial charge in [-0.3, -0.25) is 0 Å². The molecule has 136 valence electrons. The van der Waals surface area contributed by atoms with Crippen molar-refractivity contribution in [2.24, 2.45) is 0 Å². The fraction of sp³-hybridized carbons (Fsp3) is 0.368. The van der Waals surface area contributed by atoms with Crippen molar-refractivity contribution in [2.45, 2.75) is 29.1 Å². The van der Waals surface area contributed by atoms with Gasteiger partial charge >= 0.3 is 0 Å². The van der Waals surface area contributed by atoms with Crippen LogP contribution in [0.15, 0.2) is 55.1 Å². The Morgan fingerprint density at radius 3 is 1.52 bits per heavy atom. The van der Waals surface area contributed by atoms with Crippen LogP contribution in [0.2, 0.25) is 0 Å². The van der Waals surface area contributed by atoms with Crippen LogP contribution in [0.5, 0.6) is 0 Å². The number of halogens is 2. The quantitative estimate of drug-likeness (QED) is 0.451. The summed E-state index contributed by atoms with van der Waals surface area (Å²) in [5, 5.41) is 18.0. The Kier molecular flexibility index (Phi) is 8.37. The summed E-state index contributed by atoms with van der Waals surface area (Å²) in [6.45, 7) is 4.80. The summed E-state index contributed by atoms with van der Waals surface area (Å²) in [5.41, 5.74) is 2.33. The van der Waals surface area contributed by atoms with Crippen LogP contribution in [0.3, 0.4) is 0 Å². The van der Waals surface area contributed by atoms with Crippen molar-refractivity contribution in [3.8, 4) is 0 Å². The van der Waals surface area contributed by atoms with Crippen LogP contribution in [-0.2, 0) is 5.41 Å². The van der Waals surface area contributed by atoms with E-state index in [0.29, 0.717) is 11.5 Å². The maximum absolute atomic E-state index is 9.00. The predicted octanol–water partition coefficient (Wildman–Crippen LogP) is 5.71. The molecule has 0 aliphatic rings. The monoisotopic (exact) mass is 504 g/mol. The second kappa shape index (κ2) is 9.81. The molecule has 0 aromatic heterocycles. The van der Waals surface area contributed by atoms with Gasteiger partial charge in [0.1, 0.15) is 0 Å². The zero-order valence-corrected chi connectivity index (χ0v) is 19.1. The van der Waals surface area contributed by atoms with E-state index in [1.165, 1.54) is 11.1 Å². The molecule has 0 unspecified atom stereocenters. The lowest BCUT2D eigenvalue weighted by Crippen LogP contribution is -2.19. The molecular formula is C19H22Br2O2S2. The van der Waals surface area contributed by atoms with E-state index in [-0.39, 0.29) is 18.6 Å². The van der Waals surface area contributed by atoms with Gasteiger partial charge < -0.3 is 10.2 Å². The van der Waals surface area contributed by atoms with Gasteiger partial charge in [0.25, 0.3) is 0 Å². The molecule has 2 nitrogen and oxygen atoms in total. The van der Waals surface area contributed by atoms with E-state index in [4.69, 9.17) is 10.2 Å². The number of rotatable bonds is 8. The van der Waals surface area contributed by atoms with Crippen molar-refractivity contribution in [3.05, 3.63) is 56.5 Å².